The number of rotatable bonds is 5. The van der Waals surface area contributed by atoms with Crippen LogP contribution in [-0.2, 0) is 17.6 Å². The molecule has 5 aromatic rings. The Balaban J connectivity index is 1.33. The third-order valence-electron chi connectivity index (χ3n) is 6.63. The zero-order valence-electron chi connectivity index (χ0n) is 21.7. The zero-order valence-corrected chi connectivity index (χ0v) is 23.3. The maximum absolute atomic E-state index is 12.8. The number of halogens is 1. The van der Waals surface area contributed by atoms with Gasteiger partial charge < -0.3 is 14.2 Å². The number of hydrogen-bond donors (Lipinski definition) is 0. The summed E-state index contributed by atoms with van der Waals surface area (Å²) < 4.78 is 17.8. The minimum atomic E-state index is -0.789. The molecule has 1 atom stereocenters. The Morgan fingerprint density at radius 1 is 1.18 bits per heavy atom. The van der Waals surface area contributed by atoms with Gasteiger partial charge in [-0.05, 0) is 43.2 Å². The first kappa shape index (κ1) is 25.3. The Morgan fingerprint density at radius 3 is 2.77 bits per heavy atom. The predicted octanol–water partition coefficient (Wildman–Crippen LogP) is 6.37. The van der Waals surface area contributed by atoms with Crippen molar-refractivity contribution >= 4 is 56.0 Å². The Morgan fingerprint density at radius 2 is 2.03 bits per heavy atom. The van der Waals surface area contributed by atoms with Crippen LogP contribution < -0.4 is 14.4 Å². The van der Waals surface area contributed by atoms with Crippen molar-refractivity contribution in [2.24, 2.45) is 0 Å². The molecule has 6 rings (SSSR count). The quantitative estimate of drug-likeness (QED) is 0.244. The molecule has 2 aromatic carbocycles. The molecule has 39 heavy (non-hydrogen) atoms. The molecule has 0 radical (unpaired) electrons. The number of ether oxygens (including phenoxy) is 3. The summed E-state index contributed by atoms with van der Waals surface area (Å²) in [4.78, 5) is 32.6. The van der Waals surface area contributed by atoms with Gasteiger partial charge in [0, 0.05) is 29.9 Å². The molecule has 11 heteroatoms. The molecule has 0 unspecified atom stereocenters. The number of hydrogen-bond acceptors (Lipinski definition) is 9. The van der Waals surface area contributed by atoms with E-state index in [4.69, 9.17) is 30.8 Å². The number of nitrogens with zero attached hydrogens (tertiary/aromatic N) is 5. The predicted molar refractivity (Wildman–Crippen MR) is 151 cm³/mol. The third-order valence-corrected chi connectivity index (χ3v) is 8.07. The minimum Gasteiger partial charge on any atom is -0.480 e. The van der Waals surface area contributed by atoms with Gasteiger partial charge in [0.2, 0.25) is 12.2 Å². The number of aryl methyl sites for hydroxylation is 2. The number of fused-ring (bicyclic) bond motifs is 4. The van der Waals surface area contributed by atoms with Gasteiger partial charge in [-0.1, -0.05) is 18.5 Å². The first-order valence-corrected chi connectivity index (χ1v) is 13.5. The molecule has 0 aliphatic carbocycles. The summed E-state index contributed by atoms with van der Waals surface area (Å²) in [6.07, 6.45) is 3.11. The van der Waals surface area contributed by atoms with E-state index in [2.05, 4.69) is 27.9 Å². The van der Waals surface area contributed by atoms with Crippen molar-refractivity contribution in [3.05, 3.63) is 64.6 Å². The highest BCUT2D eigenvalue weighted by Crippen LogP contribution is 2.45. The highest BCUT2D eigenvalue weighted by molar-refractivity contribution is 7.22. The van der Waals surface area contributed by atoms with E-state index in [0.29, 0.717) is 34.3 Å². The van der Waals surface area contributed by atoms with Crippen LogP contribution in [0.15, 0.2) is 42.7 Å². The normalized spacial score (nSPS) is 14.3. The molecule has 0 saturated carbocycles. The van der Waals surface area contributed by atoms with Crippen molar-refractivity contribution in [1.29, 1.82) is 0 Å². The van der Waals surface area contributed by atoms with Gasteiger partial charge in [0.05, 0.1) is 52.4 Å². The lowest BCUT2D eigenvalue weighted by Gasteiger charge is -2.19. The molecule has 4 heterocycles. The van der Waals surface area contributed by atoms with E-state index in [9.17, 15) is 4.79 Å². The first-order valence-electron chi connectivity index (χ1n) is 12.3. The largest absolute Gasteiger partial charge is 0.480 e. The Hall–Kier alpha value is -4.02. The summed E-state index contributed by atoms with van der Waals surface area (Å²) in [5.74, 6) is 1.03. The third kappa shape index (κ3) is 4.59. The first-order chi connectivity index (χ1) is 18.8. The second kappa shape index (κ2) is 9.94. The van der Waals surface area contributed by atoms with Crippen molar-refractivity contribution in [3.63, 3.8) is 0 Å². The molecular weight excluding hydrogens is 538 g/mol. The monoisotopic (exact) mass is 561 g/mol. The molecule has 1 aliphatic rings. The van der Waals surface area contributed by atoms with Gasteiger partial charge in [-0.25, -0.2) is 19.7 Å². The summed E-state index contributed by atoms with van der Waals surface area (Å²) in [5, 5.41) is 1.23. The molecule has 198 valence electrons. The number of methoxy groups -OCH3 is 1. The molecule has 1 amide bonds. The smallest absolute Gasteiger partial charge is 0.417 e. The van der Waals surface area contributed by atoms with Crippen molar-refractivity contribution in [1.82, 2.24) is 19.9 Å². The number of thiazole rings is 1. The summed E-state index contributed by atoms with van der Waals surface area (Å²) in [6, 6.07) is 9.49. The second-order valence-electron chi connectivity index (χ2n) is 9.16. The zero-order chi connectivity index (χ0) is 27.3. The van der Waals surface area contributed by atoms with Crippen LogP contribution in [0.2, 0.25) is 5.02 Å². The fourth-order valence-electron chi connectivity index (χ4n) is 4.48. The van der Waals surface area contributed by atoms with Gasteiger partial charge in [0.15, 0.2) is 0 Å². The molecule has 9 nitrogen and oxygen atoms in total. The maximum Gasteiger partial charge on any atom is 0.417 e. The number of benzene rings is 2. The van der Waals surface area contributed by atoms with E-state index in [0.717, 1.165) is 49.5 Å². The number of anilines is 1. The van der Waals surface area contributed by atoms with Crippen LogP contribution in [0.1, 0.15) is 23.7 Å². The second-order valence-corrected chi connectivity index (χ2v) is 10.6. The molecule has 0 fully saturated rings. The average molecular weight is 562 g/mol. The molecule has 0 N–H and O–H groups in total. The van der Waals surface area contributed by atoms with Gasteiger partial charge in [0.1, 0.15) is 16.3 Å². The van der Waals surface area contributed by atoms with Crippen LogP contribution in [0.25, 0.3) is 31.8 Å². The van der Waals surface area contributed by atoms with Gasteiger partial charge in [-0.2, -0.15) is 0 Å². The van der Waals surface area contributed by atoms with Crippen LogP contribution in [0.3, 0.4) is 0 Å². The van der Waals surface area contributed by atoms with Crippen molar-refractivity contribution in [3.8, 4) is 22.2 Å². The van der Waals surface area contributed by atoms with Gasteiger partial charge in [-0.15, -0.1) is 11.3 Å². The van der Waals surface area contributed by atoms with Crippen LogP contribution in [-0.4, -0.2) is 46.5 Å². The van der Waals surface area contributed by atoms with Crippen LogP contribution in [0, 0.1) is 6.92 Å². The molecule has 0 saturated heterocycles. The van der Waals surface area contributed by atoms with E-state index in [1.165, 1.54) is 16.2 Å². The SMILES string of the molecule is CCc1cc(-c2nc3c(Cl)cc4c(c3s2)C[C@H](OC(=O)N(C)c2ccc(C)nc2)O4)c2ncc(OC)nc2c1. The minimum absolute atomic E-state index is 0.378. The number of carbonyl (C=O) groups is 1. The lowest BCUT2D eigenvalue weighted by molar-refractivity contribution is -0.0127. The van der Waals surface area contributed by atoms with Gasteiger partial charge in [-0.3, -0.25) is 9.88 Å². The molecular formula is C28H24ClN5O4S. The van der Waals surface area contributed by atoms with E-state index < -0.39 is 12.4 Å². The average Bonchev–Trinajstić information content (AvgIpc) is 3.56. The van der Waals surface area contributed by atoms with Gasteiger partial charge >= 0.3 is 6.09 Å². The summed E-state index contributed by atoms with van der Waals surface area (Å²) in [5.41, 5.74) is 6.52. The Bertz CT molecular complexity index is 1740. The lowest BCUT2D eigenvalue weighted by Crippen LogP contribution is -2.32. The van der Waals surface area contributed by atoms with Crippen LogP contribution in [0.5, 0.6) is 11.6 Å². The fourth-order valence-corrected chi connectivity index (χ4v) is 5.93. The molecule has 3 aromatic heterocycles. The van der Waals surface area contributed by atoms with Crippen molar-refractivity contribution < 1.29 is 19.0 Å². The molecule has 0 spiro atoms. The molecule has 1 aliphatic heterocycles. The number of pyridine rings is 1. The maximum atomic E-state index is 12.8. The fraction of sp³-hybridized carbons (Fsp3) is 0.250. The summed E-state index contributed by atoms with van der Waals surface area (Å²) in [6.45, 7) is 3.97. The topological polar surface area (TPSA) is 99.6 Å². The van der Waals surface area contributed by atoms with Crippen LogP contribution in [0.4, 0.5) is 10.5 Å². The van der Waals surface area contributed by atoms with E-state index in [1.807, 2.05) is 25.1 Å². The van der Waals surface area contributed by atoms with E-state index >= 15 is 0 Å². The summed E-state index contributed by atoms with van der Waals surface area (Å²) in [7, 11) is 3.20. The molecule has 0 bridgehead atoms. The van der Waals surface area contributed by atoms with Crippen molar-refractivity contribution in [2.75, 3.05) is 19.1 Å². The van der Waals surface area contributed by atoms with E-state index in [-0.39, 0.29) is 0 Å². The number of amides is 1. The lowest BCUT2D eigenvalue weighted by atomic mass is 10.1. The standard InChI is InChI=1S/C28H24ClN5O4S/c1-5-15-8-18(24-20(9-15)32-22(36-4)13-31-24)27-33-25-19(29)11-21-17(26(25)39-27)10-23(37-21)38-28(35)34(3)16-7-6-14(2)30-12-16/h6-9,11-13,23H,5,10H2,1-4H3/t23-/m0/s1. The van der Waals surface area contributed by atoms with Crippen molar-refractivity contribution in [2.45, 2.75) is 33.0 Å². The Labute approximate surface area is 233 Å². The number of carbonyl (C=O) groups excluding carboxylic acids is 1. The van der Waals surface area contributed by atoms with Gasteiger partial charge in [0.25, 0.3) is 0 Å². The summed E-state index contributed by atoms with van der Waals surface area (Å²) >= 11 is 8.16. The number of aromatic nitrogens is 4. The highest BCUT2D eigenvalue weighted by atomic mass is 35.5. The highest BCUT2D eigenvalue weighted by Gasteiger charge is 2.32. The Kier molecular flexibility index (Phi) is 6.44. The van der Waals surface area contributed by atoms with E-state index in [1.54, 1.807) is 32.6 Å². The van der Waals surface area contributed by atoms with Crippen LogP contribution >= 0.6 is 22.9 Å².